The van der Waals surface area contributed by atoms with Crippen molar-refractivity contribution in [3.05, 3.63) is 46.6 Å². The molecule has 1 saturated carbocycles. The summed E-state index contributed by atoms with van der Waals surface area (Å²) in [4.78, 5) is 45.1. The normalized spacial score (nSPS) is 25.6. The number of alkyl halides is 3. The number of fused-ring (bicyclic) bond motifs is 1. The first-order valence-electron chi connectivity index (χ1n) is 15.4. The number of likely N-dealkylation sites (tertiary alicyclic amines) is 1. The molecule has 0 radical (unpaired) electrons. The maximum absolute atomic E-state index is 14.3. The Balaban J connectivity index is 1.45. The Kier molecular flexibility index (Phi) is 8.34. The number of aromatic nitrogens is 2. The van der Waals surface area contributed by atoms with Crippen LogP contribution in [-0.2, 0) is 15.7 Å². The maximum atomic E-state index is 14.3. The highest BCUT2D eigenvalue weighted by atomic mass is 19.4. The van der Waals surface area contributed by atoms with Gasteiger partial charge in [-0.15, -0.1) is 0 Å². The molecule has 1 aliphatic carbocycles. The van der Waals surface area contributed by atoms with Crippen molar-refractivity contribution in [3.63, 3.8) is 0 Å². The topological polar surface area (TPSA) is 133 Å². The number of amides is 3. The van der Waals surface area contributed by atoms with Crippen molar-refractivity contribution in [2.75, 3.05) is 38.3 Å². The first-order chi connectivity index (χ1) is 21.6. The highest BCUT2D eigenvalue weighted by Crippen LogP contribution is 2.52. The van der Waals surface area contributed by atoms with E-state index in [1.54, 1.807) is 18.7 Å². The predicted octanol–water partition coefficient (Wildman–Crippen LogP) is 3.24. The Morgan fingerprint density at radius 1 is 1.18 bits per heavy atom. The third-order valence-electron chi connectivity index (χ3n) is 9.44. The Bertz CT molecular complexity index is 1530. The highest BCUT2D eigenvalue weighted by molar-refractivity contribution is 6.07. The molecule has 2 N–H and O–H groups in total. The zero-order valence-corrected chi connectivity index (χ0v) is 25.1. The quantitative estimate of drug-likeness (QED) is 0.482. The molecule has 2 aromatic rings. The molecule has 3 fully saturated rings. The average molecular weight is 628 g/mol. The molecule has 11 nitrogen and oxygen atoms in total. The van der Waals surface area contributed by atoms with Crippen molar-refractivity contribution in [2.45, 2.75) is 75.3 Å². The van der Waals surface area contributed by atoms with Crippen molar-refractivity contribution in [2.24, 2.45) is 5.92 Å². The van der Waals surface area contributed by atoms with Gasteiger partial charge in [-0.25, -0.2) is 4.68 Å². The number of benzene rings is 1. The standard InChI is InChI=1S/C31H36F3N7O4/c1-3-39-28-24(23(17-7-8-17)25(29(39)43)37-27(42)18-5-4-6-19(13-18)31(32,33)34)26(38-41(28)21-9-11-45-12-10-21)30(44)40-16-20(36-2)14-22(40)15-35/h4-6,13,17,20-23,25,36H,3,7-12,14,16H2,1-2H3,(H,37,42)/t20-,22-,23-,25-/m0/s1. The van der Waals surface area contributed by atoms with Gasteiger partial charge in [0.25, 0.3) is 17.7 Å². The number of ether oxygens (including phenoxy) is 1. The molecule has 1 aromatic carbocycles. The van der Waals surface area contributed by atoms with Crippen LogP contribution >= 0.6 is 0 Å². The number of hydrogen-bond donors (Lipinski definition) is 2. The number of likely N-dealkylation sites (N-methyl/N-ethyl adjacent to an activating group) is 2. The van der Waals surface area contributed by atoms with E-state index < -0.39 is 47.5 Å². The molecular weight excluding hydrogens is 591 g/mol. The zero-order valence-electron chi connectivity index (χ0n) is 25.1. The second-order valence-corrected chi connectivity index (χ2v) is 12.2. The summed E-state index contributed by atoms with van der Waals surface area (Å²) >= 11 is 0. The number of nitriles is 1. The monoisotopic (exact) mass is 627 g/mol. The van der Waals surface area contributed by atoms with Crippen LogP contribution in [0.3, 0.4) is 0 Å². The molecule has 4 atom stereocenters. The molecule has 0 bridgehead atoms. The lowest BCUT2D eigenvalue weighted by Gasteiger charge is -2.39. The summed E-state index contributed by atoms with van der Waals surface area (Å²) in [6.07, 6.45) is -1.42. The molecular formula is C31H36F3N7O4. The number of nitrogens with one attached hydrogen (secondary N) is 2. The minimum atomic E-state index is -4.64. The van der Waals surface area contributed by atoms with E-state index in [4.69, 9.17) is 9.84 Å². The number of hydrogen-bond acceptors (Lipinski definition) is 7. The molecule has 6 rings (SSSR count). The van der Waals surface area contributed by atoms with E-state index in [0.29, 0.717) is 50.4 Å². The van der Waals surface area contributed by atoms with Gasteiger partial charge in [-0.2, -0.15) is 23.5 Å². The number of carbonyl (C=O) groups excluding carboxylic acids is 3. The van der Waals surface area contributed by atoms with Crippen LogP contribution in [0.15, 0.2) is 24.3 Å². The second-order valence-electron chi connectivity index (χ2n) is 12.2. The molecule has 0 spiro atoms. The summed E-state index contributed by atoms with van der Waals surface area (Å²) in [7, 11) is 1.78. The fourth-order valence-electron chi connectivity index (χ4n) is 6.96. The smallest absolute Gasteiger partial charge is 0.381 e. The van der Waals surface area contributed by atoms with Crippen LogP contribution in [0.25, 0.3) is 0 Å². The lowest BCUT2D eigenvalue weighted by molar-refractivity contribution is -0.137. The van der Waals surface area contributed by atoms with Crippen molar-refractivity contribution >= 4 is 23.5 Å². The number of rotatable bonds is 7. The van der Waals surface area contributed by atoms with Gasteiger partial charge in [0, 0.05) is 49.4 Å². The third-order valence-corrected chi connectivity index (χ3v) is 9.44. The Labute approximate surface area is 258 Å². The van der Waals surface area contributed by atoms with E-state index in [-0.39, 0.29) is 35.8 Å². The molecule has 4 heterocycles. The van der Waals surface area contributed by atoms with E-state index >= 15 is 0 Å². The van der Waals surface area contributed by atoms with Gasteiger partial charge >= 0.3 is 6.18 Å². The van der Waals surface area contributed by atoms with Gasteiger partial charge < -0.3 is 20.3 Å². The minimum absolute atomic E-state index is 0.0483. The van der Waals surface area contributed by atoms with Gasteiger partial charge in [0.15, 0.2) is 5.69 Å². The van der Waals surface area contributed by atoms with Gasteiger partial charge in [0.1, 0.15) is 17.9 Å². The second kappa shape index (κ2) is 12.1. The van der Waals surface area contributed by atoms with Crippen LogP contribution in [0.1, 0.15) is 83.0 Å². The van der Waals surface area contributed by atoms with Crippen LogP contribution < -0.4 is 15.5 Å². The van der Waals surface area contributed by atoms with Crippen LogP contribution in [0.5, 0.6) is 0 Å². The average Bonchev–Trinajstić information content (AvgIpc) is 3.67. The number of anilines is 1. The van der Waals surface area contributed by atoms with E-state index in [0.717, 1.165) is 31.0 Å². The van der Waals surface area contributed by atoms with Crippen LogP contribution in [-0.4, -0.2) is 83.9 Å². The Hall–Kier alpha value is -3.96. The molecule has 2 saturated heterocycles. The van der Waals surface area contributed by atoms with Crippen molar-refractivity contribution in [3.8, 4) is 6.07 Å². The Morgan fingerprint density at radius 3 is 2.53 bits per heavy atom. The number of carbonyl (C=O) groups is 3. The zero-order chi connectivity index (χ0) is 32.0. The number of nitrogens with zero attached hydrogens (tertiary/aromatic N) is 5. The summed E-state index contributed by atoms with van der Waals surface area (Å²) < 4.78 is 47.6. The molecule has 4 aliphatic rings. The van der Waals surface area contributed by atoms with Gasteiger partial charge in [0.05, 0.1) is 17.7 Å². The largest absolute Gasteiger partial charge is 0.416 e. The lowest BCUT2D eigenvalue weighted by atomic mass is 9.82. The fraction of sp³-hybridized carbons (Fsp3) is 0.581. The molecule has 3 aliphatic heterocycles. The van der Waals surface area contributed by atoms with E-state index in [2.05, 4.69) is 16.7 Å². The predicted molar refractivity (Wildman–Crippen MR) is 155 cm³/mol. The summed E-state index contributed by atoms with van der Waals surface area (Å²) in [6.45, 7) is 3.31. The van der Waals surface area contributed by atoms with E-state index in [1.807, 2.05) is 0 Å². The van der Waals surface area contributed by atoms with Crippen LogP contribution in [0.4, 0.5) is 19.0 Å². The van der Waals surface area contributed by atoms with Gasteiger partial charge in [0.2, 0.25) is 0 Å². The molecule has 240 valence electrons. The molecule has 1 aromatic heterocycles. The fourth-order valence-corrected chi connectivity index (χ4v) is 6.96. The molecule has 45 heavy (non-hydrogen) atoms. The maximum Gasteiger partial charge on any atom is 0.416 e. The minimum Gasteiger partial charge on any atom is -0.381 e. The lowest BCUT2D eigenvalue weighted by Crippen LogP contribution is -2.56. The van der Waals surface area contributed by atoms with Crippen molar-refractivity contribution < 1.29 is 32.3 Å². The summed E-state index contributed by atoms with van der Waals surface area (Å²) in [5.74, 6) is -1.79. The molecule has 0 unspecified atom stereocenters. The first kappa shape index (κ1) is 31.0. The van der Waals surface area contributed by atoms with E-state index in [1.165, 1.54) is 15.9 Å². The van der Waals surface area contributed by atoms with Crippen molar-refractivity contribution in [1.82, 2.24) is 25.3 Å². The van der Waals surface area contributed by atoms with Crippen LogP contribution in [0.2, 0.25) is 0 Å². The summed E-state index contributed by atoms with van der Waals surface area (Å²) in [6, 6.07) is 4.32. The Morgan fingerprint density at radius 2 is 1.91 bits per heavy atom. The van der Waals surface area contributed by atoms with Crippen molar-refractivity contribution in [1.29, 1.82) is 5.26 Å². The van der Waals surface area contributed by atoms with Gasteiger partial charge in [-0.3, -0.25) is 19.3 Å². The molecule has 3 amide bonds. The molecule has 14 heteroatoms. The van der Waals surface area contributed by atoms with Gasteiger partial charge in [-0.1, -0.05) is 6.07 Å². The first-order valence-corrected chi connectivity index (χ1v) is 15.4. The van der Waals surface area contributed by atoms with Gasteiger partial charge in [-0.05, 0) is 70.2 Å². The summed E-state index contributed by atoms with van der Waals surface area (Å²) in [5.41, 5.74) is -0.490. The third kappa shape index (κ3) is 5.68. The SMILES string of the molecule is CCN1C(=O)[C@@H](NC(=O)c2cccc(C(F)(F)F)c2)[C@@H](C2CC2)c2c(C(=O)N3C[C@@H](NC)C[C@H]3C#N)nn(C3CCOCC3)c21. The van der Waals surface area contributed by atoms with E-state index in [9.17, 15) is 32.8 Å². The number of halogens is 3. The summed E-state index contributed by atoms with van der Waals surface area (Å²) in [5, 5.41) is 20.7. The van der Waals surface area contributed by atoms with Crippen LogP contribution in [0, 0.1) is 17.2 Å². The highest BCUT2D eigenvalue weighted by Gasteiger charge is 2.53.